The smallest absolute Gasteiger partial charge is 0.329 e. The molecule has 0 aliphatic rings. The molecule has 10 heteroatoms. The predicted octanol–water partition coefficient (Wildman–Crippen LogP) is 4.09. The van der Waals surface area contributed by atoms with Crippen LogP contribution < -0.4 is 10.6 Å². The molecule has 0 aliphatic carbocycles. The maximum absolute atomic E-state index is 10.9. The van der Waals surface area contributed by atoms with Crippen LogP contribution in [-0.4, -0.2) is 27.3 Å². The second kappa shape index (κ2) is 7.44. The Morgan fingerprint density at radius 1 is 1.27 bits per heavy atom. The number of anilines is 3. The van der Waals surface area contributed by atoms with E-state index in [-0.39, 0.29) is 23.3 Å². The van der Waals surface area contributed by atoms with Crippen molar-refractivity contribution in [3.63, 3.8) is 0 Å². The number of nitrogens with zero attached hydrogens (tertiary/aromatic N) is 3. The minimum atomic E-state index is -0.570. The van der Waals surface area contributed by atoms with E-state index in [1.165, 1.54) is 0 Å². The quantitative estimate of drug-likeness (QED) is 0.457. The summed E-state index contributed by atoms with van der Waals surface area (Å²) >= 11 is 17.3. The van der Waals surface area contributed by atoms with E-state index in [0.29, 0.717) is 22.3 Å². The summed E-state index contributed by atoms with van der Waals surface area (Å²) in [5.41, 5.74) is 0.372. The Balaban J connectivity index is 2.27. The zero-order valence-electron chi connectivity index (χ0n) is 11.0. The van der Waals surface area contributed by atoms with Crippen LogP contribution in [0, 0.1) is 10.1 Å². The molecule has 22 heavy (non-hydrogen) atoms. The van der Waals surface area contributed by atoms with Crippen molar-refractivity contribution >= 4 is 57.9 Å². The van der Waals surface area contributed by atoms with Gasteiger partial charge < -0.3 is 10.6 Å². The van der Waals surface area contributed by atoms with Gasteiger partial charge in [-0.3, -0.25) is 10.1 Å². The molecule has 1 aromatic heterocycles. The highest BCUT2D eigenvalue weighted by atomic mass is 35.5. The maximum Gasteiger partial charge on any atom is 0.329 e. The number of aromatic nitrogens is 2. The fourth-order valence-electron chi connectivity index (χ4n) is 1.57. The highest BCUT2D eigenvalue weighted by molar-refractivity contribution is 6.42. The number of benzene rings is 1. The fraction of sp³-hybridized carbons (Fsp3) is 0.167. The van der Waals surface area contributed by atoms with Gasteiger partial charge in [0.1, 0.15) is 6.20 Å². The van der Waals surface area contributed by atoms with Crippen molar-refractivity contribution in [2.45, 2.75) is 0 Å². The first-order chi connectivity index (χ1) is 10.5. The summed E-state index contributed by atoms with van der Waals surface area (Å²) in [4.78, 5) is 18.3. The summed E-state index contributed by atoms with van der Waals surface area (Å²) in [6, 6.07) is 4.90. The molecule has 2 aromatic rings. The normalized spacial score (nSPS) is 10.3. The summed E-state index contributed by atoms with van der Waals surface area (Å²) in [5, 5.41) is 17.4. The van der Waals surface area contributed by atoms with Gasteiger partial charge in [-0.25, -0.2) is 4.98 Å². The van der Waals surface area contributed by atoms with Crippen LogP contribution in [0.2, 0.25) is 10.0 Å². The molecule has 2 N–H and O–H groups in total. The molecule has 0 saturated carbocycles. The van der Waals surface area contributed by atoms with Crippen LogP contribution >= 0.6 is 34.8 Å². The van der Waals surface area contributed by atoms with E-state index < -0.39 is 4.92 Å². The third-order valence-electron chi connectivity index (χ3n) is 2.53. The Morgan fingerprint density at radius 2 is 2.05 bits per heavy atom. The summed E-state index contributed by atoms with van der Waals surface area (Å²) in [6.07, 6.45) is 1.11. The van der Waals surface area contributed by atoms with Crippen molar-refractivity contribution in [3.8, 4) is 0 Å². The number of hydrogen-bond donors (Lipinski definition) is 2. The van der Waals surface area contributed by atoms with E-state index in [2.05, 4.69) is 20.6 Å². The van der Waals surface area contributed by atoms with Crippen LogP contribution in [0.1, 0.15) is 0 Å². The Hall–Kier alpha value is -1.83. The van der Waals surface area contributed by atoms with Crippen molar-refractivity contribution in [1.29, 1.82) is 0 Å². The van der Waals surface area contributed by atoms with Crippen molar-refractivity contribution < 1.29 is 4.92 Å². The Kier molecular flexibility index (Phi) is 5.59. The lowest BCUT2D eigenvalue weighted by Gasteiger charge is -2.08. The number of rotatable bonds is 6. The van der Waals surface area contributed by atoms with Gasteiger partial charge in [0.25, 0.3) is 0 Å². The van der Waals surface area contributed by atoms with Gasteiger partial charge in [0.05, 0.1) is 15.0 Å². The number of nitrogens with one attached hydrogen (secondary N) is 2. The molecule has 0 amide bonds. The lowest BCUT2D eigenvalue weighted by molar-refractivity contribution is -0.384. The first kappa shape index (κ1) is 16.5. The molecule has 0 aliphatic heterocycles. The highest BCUT2D eigenvalue weighted by Gasteiger charge is 2.17. The molecular weight excluding hydrogens is 353 g/mol. The molecule has 0 fully saturated rings. The second-order valence-corrected chi connectivity index (χ2v) is 5.25. The average Bonchev–Trinajstić information content (AvgIpc) is 2.49. The molecule has 0 saturated heterocycles. The molecule has 116 valence electrons. The number of nitro groups is 1. The number of halogens is 3. The van der Waals surface area contributed by atoms with Crippen molar-refractivity contribution in [3.05, 3.63) is 44.6 Å². The molecule has 0 spiro atoms. The Morgan fingerprint density at radius 3 is 2.68 bits per heavy atom. The van der Waals surface area contributed by atoms with Gasteiger partial charge in [-0.2, -0.15) is 4.98 Å². The molecule has 1 aromatic carbocycles. The van der Waals surface area contributed by atoms with Gasteiger partial charge in [-0.05, 0) is 18.2 Å². The summed E-state index contributed by atoms with van der Waals surface area (Å²) in [5.74, 6) is 0.556. The van der Waals surface area contributed by atoms with Crippen LogP contribution in [0.4, 0.5) is 23.1 Å². The zero-order valence-corrected chi connectivity index (χ0v) is 13.3. The van der Waals surface area contributed by atoms with Gasteiger partial charge in [0.15, 0.2) is 0 Å². The minimum Gasteiger partial charge on any atom is -0.363 e. The van der Waals surface area contributed by atoms with Crippen LogP contribution in [0.3, 0.4) is 0 Å². The molecular formula is C12H10Cl3N5O2. The average molecular weight is 363 g/mol. The molecule has 7 nitrogen and oxygen atoms in total. The second-order valence-electron chi connectivity index (χ2n) is 4.05. The minimum absolute atomic E-state index is 0.0863. The Bertz CT molecular complexity index is 698. The topological polar surface area (TPSA) is 93.0 Å². The third kappa shape index (κ3) is 4.09. The predicted molar refractivity (Wildman–Crippen MR) is 87.6 cm³/mol. The maximum atomic E-state index is 10.9. The van der Waals surface area contributed by atoms with E-state index in [9.17, 15) is 10.1 Å². The van der Waals surface area contributed by atoms with Crippen molar-refractivity contribution in [1.82, 2.24) is 9.97 Å². The monoisotopic (exact) mass is 361 g/mol. The van der Waals surface area contributed by atoms with Crippen LogP contribution in [-0.2, 0) is 0 Å². The van der Waals surface area contributed by atoms with Gasteiger partial charge in [0.2, 0.25) is 11.8 Å². The first-order valence-corrected chi connectivity index (χ1v) is 7.33. The first-order valence-electron chi connectivity index (χ1n) is 6.04. The Labute approximate surface area is 140 Å². The zero-order chi connectivity index (χ0) is 16.1. The molecule has 0 bridgehead atoms. The van der Waals surface area contributed by atoms with Gasteiger partial charge in [-0.15, -0.1) is 11.6 Å². The largest absolute Gasteiger partial charge is 0.363 e. The van der Waals surface area contributed by atoms with Gasteiger partial charge in [-0.1, -0.05) is 23.2 Å². The van der Waals surface area contributed by atoms with Crippen molar-refractivity contribution in [2.24, 2.45) is 0 Å². The lowest BCUT2D eigenvalue weighted by atomic mass is 10.3. The summed E-state index contributed by atoms with van der Waals surface area (Å²) in [7, 11) is 0. The molecule has 0 unspecified atom stereocenters. The van der Waals surface area contributed by atoms with E-state index in [4.69, 9.17) is 34.8 Å². The highest BCUT2D eigenvalue weighted by Crippen LogP contribution is 2.27. The molecule has 0 atom stereocenters. The van der Waals surface area contributed by atoms with E-state index in [1.807, 2.05) is 0 Å². The fourth-order valence-corrected chi connectivity index (χ4v) is 1.96. The summed E-state index contributed by atoms with van der Waals surface area (Å²) < 4.78 is 0. The number of hydrogen-bond acceptors (Lipinski definition) is 6. The molecule has 1 heterocycles. The van der Waals surface area contributed by atoms with Gasteiger partial charge >= 0.3 is 5.69 Å². The summed E-state index contributed by atoms with van der Waals surface area (Å²) in [6.45, 7) is 0.339. The lowest BCUT2D eigenvalue weighted by Crippen LogP contribution is -2.09. The van der Waals surface area contributed by atoms with Crippen LogP contribution in [0.15, 0.2) is 24.4 Å². The third-order valence-corrected chi connectivity index (χ3v) is 3.46. The molecule has 2 rings (SSSR count). The van der Waals surface area contributed by atoms with Gasteiger partial charge in [0, 0.05) is 18.1 Å². The SMILES string of the molecule is O=[N+]([O-])c1cnc(Nc2ccc(Cl)c(Cl)c2)nc1NCCCl. The number of alkyl halides is 1. The molecule has 0 radical (unpaired) electrons. The van der Waals surface area contributed by atoms with Crippen LogP contribution in [0.5, 0.6) is 0 Å². The van der Waals surface area contributed by atoms with E-state index >= 15 is 0 Å². The van der Waals surface area contributed by atoms with E-state index in [0.717, 1.165) is 6.20 Å². The van der Waals surface area contributed by atoms with Crippen LogP contribution in [0.25, 0.3) is 0 Å². The standard InChI is InChI=1S/C12H10Cl3N5O2/c13-3-4-16-11-10(20(21)22)6-17-12(19-11)18-7-1-2-8(14)9(15)5-7/h1-2,5-6H,3-4H2,(H2,16,17,18,19). The van der Waals surface area contributed by atoms with Crippen molar-refractivity contribution in [2.75, 3.05) is 23.1 Å². The van der Waals surface area contributed by atoms with E-state index in [1.54, 1.807) is 18.2 Å².